The van der Waals surface area contributed by atoms with Crippen molar-refractivity contribution in [1.82, 2.24) is 4.90 Å². The Morgan fingerprint density at radius 1 is 1.24 bits per heavy atom. The lowest BCUT2D eigenvalue weighted by molar-refractivity contribution is 0.0568. The molecule has 3 atom stereocenters. The van der Waals surface area contributed by atoms with Crippen LogP contribution in [0, 0.1) is 5.92 Å². The molecule has 1 heterocycles. The molecule has 0 spiro atoms. The molecule has 1 aromatic rings. The fourth-order valence-electron chi connectivity index (χ4n) is 2.97. The molecule has 3 heteroatoms. The summed E-state index contributed by atoms with van der Waals surface area (Å²) in [6.07, 6.45) is 3.13. The molecule has 0 bridgehead atoms. The van der Waals surface area contributed by atoms with E-state index in [-0.39, 0.29) is 0 Å². The molecule has 21 heavy (non-hydrogen) atoms. The molecule has 1 N–H and O–H groups in total. The lowest BCUT2D eigenvalue weighted by Gasteiger charge is -2.37. The van der Waals surface area contributed by atoms with Crippen LogP contribution in [0.15, 0.2) is 24.3 Å². The van der Waals surface area contributed by atoms with E-state index in [1.54, 1.807) is 0 Å². The maximum absolute atomic E-state index is 10.5. The van der Waals surface area contributed by atoms with Crippen LogP contribution in [0.1, 0.15) is 51.7 Å². The number of hydrogen-bond donors (Lipinski definition) is 1. The Kier molecular flexibility index (Phi) is 6.07. The van der Waals surface area contributed by atoms with Crippen molar-refractivity contribution >= 4 is 0 Å². The Bertz CT molecular complexity index is 418. The normalized spacial score (nSPS) is 24.8. The second-order valence-corrected chi connectivity index (χ2v) is 6.42. The van der Waals surface area contributed by atoms with Crippen LogP contribution in [0.3, 0.4) is 0 Å². The Hall–Kier alpha value is -1.06. The van der Waals surface area contributed by atoms with Gasteiger partial charge in [-0.05, 0) is 49.8 Å². The van der Waals surface area contributed by atoms with Crippen LogP contribution in [0.25, 0.3) is 0 Å². The van der Waals surface area contributed by atoms with E-state index >= 15 is 0 Å². The minimum atomic E-state index is -0.419. The third-order valence-corrected chi connectivity index (χ3v) is 4.39. The number of benzene rings is 1. The molecule has 1 saturated heterocycles. The third kappa shape index (κ3) is 4.72. The number of hydrogen-bond acceptors (Lipinski definition) is 3. The number of nitrogens with zero attached hydrogens (tertiary/aromatic N) is 1. The number of ether oxygens (including phenoxy) is 1. The first-order valence-corrected chi connectivity index (χ1v) is 8.25. The fraction of sp³-hybridized carbons (Fsp3) is 0.667. The summed E-state index contributed by atoms with van der Waals surface area (Å²) in [7, 11) is 0. The standard InChI is InChI=1S/C18H29NO2/c1-4-11-21-17-9-7-16(8-10-17)18(20)13-19-12-14(2)5-6-15(19)3/h7-10,14-15,18,20H,4-6,11-13H2,1-3H3. The zero-order chi connectivity index (χ0) is 15.2. The first-order chi connectivity index (χ1) is 10.1. The Morgan fingerprint density at radius 2 is 1.95 bits per heavy atom. The van der Waals surface area contributed by atoms with Gasteiger partial charge in [-0.1, -0.05) is 26.0 Å². The zero-order valence-electron chi connectivity index (χ0n) is 13.6. The molecular weight excluding hydrogens is 262 g/mol. The van der Waals surface area contributed by atoms with E-state index in [1.807, 2.05) is 24.3 Å². The number of likely N-dealkylation sites (tertiary alicyclic amines) is 1. The van der Waals surface area contributed by atoms with E-state index in [9.17, 15) is 5.11 Å². The van der Waals surface area contributed by atoms with E-state index in [0.29, 0.717) is 6.04 Å². The Morgan fingerprint density at radius 3 is 2.62 bits per heavy atom. The summed E-state index contributed by atoms with van der Waals surface area (Å²) >= 11 is 0. The van der Waals surface area contributed by atoms with Gasteiger partial charge in [0.2, 0.25) is 0 Å². The zero-order valence-corrected chi connectivity index (χ0v) is 13.6. The van der Waals surface area contributed by atoms with Crippen LogP contribution in [0.4, 0.5) is 0 Å². The van der Waals surface area contributed by atoms with Crippen molar-refractivity contribution in [2.75, 3.05) is 19.7 Å². The van der Waals surface area contributed by atoms with Gasteiger partial charge in [-0.3, -0.25) is 4.90 Å². The number of aliphatic hydroxyl groups is 1. The second-order valence-electron chi connectivity index (χ2n) is 6.42. The summed E-state index contributed by atoms with van der Waals surface area (Å²) in [4.78, 5) is 2.42. The first-order valence-electron chi connectivity index (χ1n) is 8.25. The lowest BCUT2D eigenvalue weighted by Crippen LogP contribution is -2.43. The molecule has 1 aromatic carbocycles. The molecule has 2 rings (SSSR count). The van der Waals surface area contributed by atoms with Gasteiger partial charge in [-0.25, -0.2) is 0 Å². The van der Waals surface area contributed by atoms with Gasteiger partial charge in [0.25, 0.3) is 0 Å². The minimum absolute atomic E-state index is 0.419. The number of rotatable bonds is 6. The fourth-order valence-corrected chi connectivity index (χ4v) is 2.97. The highest BCUT2D eigenvalue weighted by Gasteiger charge is 2.25. The van der Waals surface area contributed by atoms with Gasteiger partial charge in [0.05, 0.1) is 12.7 Å². The van der Waals surface area contributed by atoms with Gasteiger partial charge < -0.3 is 9.84 Å². The molecule has 0 saturated carbocycles. The predicted octanol–water partition coefficient (Wildman–Crippen LogP) is 3.63. The molecule has 1 aliphatic heterocycles. The second kappa shape index (κ2) is 7.81. The van der Waals surface area contributed by atoms with Crippen LogP contribution >= 0.6 is 0 Å². The van der Waals surface area contributed by atoms with Crippen molar-refractivity contribution in [3.8, 4) is 5.75 Å². The van der Waals surface area contributed by atoms with Crippen LogP contribution in [-0.2, 0) is 0 Å². The van der Waals surface area contributed by atoms with Crippen molar-refractivity contribution in [3.63, 3.8) is 0 Å². The molecule has 0 aromatic heterocycles. The largest absolute Gasteiger partial charge is 0.494 e. The molecule has 0 radical (unpaired) electrons. The first kappa shape index (κ1) is 16.3. The van der Waals surface area contributed by atoms with Crippen molar-refractivity contribution in [2.45, 2.75) is 52.2 Å². The van der Waals surface area contributed by atoms with E-state index in [0.717, 1.165) is 43.3 Å². The van der Waals surface area contributed by atoms with Crippen molar-refractivity contribution in [2.24, 2.45) is 5.92 Å². The number of aliphatic hydroxyl groups excluding tert-OH is 1. The van der Waals surface area contributed by atoms with Gasteiger partial charge in [0, 0.05) is 19.1 Å². The summed E-state index contributed by atoms with van der Waals surface area (Å²) in [5.41, 5.74) is 0.976. The van der Waals surface area contributed by atoms with Gasteiger partial charge in [0.15, 0.2) is 0 Å². The van der Waals surface area contributed by atoms with E-state index in [1.165, 1.54) is 12.8 Å². The number of β-amino-alcohol motifs (C(OH)–C–C–N with tert-alkyl or cyclic N) is 1. The quantitative estimate of drug-likeness (QED) is 0.868. The average molecular weight is 291 g/mol. The molecule has 118 valence electrons. The maximum atomic E-state index is 10.5. The van der Waals surface area contributed by atoms with E-state index in [2.05, 4.69) is 25.7 Å². The highest BCUT2D eigenvalue weighted by atomic mass is 16.5. The Labute approximate surface area is 128 Å². The summed E-state index contributed by atoms with van der Waals surface area (Å²) in [5, 5.41) is 10.5. The van der Waals surface area contributed by atoms with Crippen molar-refractivity contribution in [1.29, 1.82) is 0 Å². The summed E-state index contributed by atoms with van der Waals surface area (Å²) in [5.74, 6) is 1.62. The highest BCUT2D eigenvalue weighted by molar-refractivity contribution is 5.28. The molecule has 1 fully saturated rings. The molecule has 3 nitrogen and oxygen atoms in total. The monoisotopic (exact) mass is 291 g/mol. The highest BCUT2D eigenvalue weighted by Crippen LogP contribution is 2.25. The van der Waals surface area contributed by atoms with Crippen LogP contribution in [0.5, 0.6) is 5.75 Å². The average Bonchev–Trinajstić information content (AvgIpc) is 2.49. The smallest absolute Gasteiger partial charge is 0.119 e. The summed E-state index contributed by atoms with van der Waals surface area (Å²) in [6, 6.07) is 8.44. The third-order valence-electron chi connectivity index (χ3n) is 4.39. The molecule has 3 unspecified atom stereocenters. The predicted molar refractivity (Wildman–Crippen MR) is 86.6 cm³/mol. The van der Waals surface area contributed by atoms with Crippen LogP contribution in [-0.4, -0.2) is 35.7 Å². The van der Waals surface area contributed by atoms with Crippen LogP contribution in [0.2, 0.25) is 0 Å². The van der Waals surface area contributed by atoms with Gasteiger partial charge in [0.1, 0.15) is 5.75 Å². The van der Waals surface area contributed by atoms with E-state index in [4.69, 9.17) is 4.74 Å². The van der Waals surface area contributed by atoms with Gasteiger partial charge in [-0.2, -0.15) is 0 Å². The maximum Gasteiger partial charge on any atom is 0.119 e. The molecule has 1 aliphatic rings. The minimum Gasteiger partial charge on any atom is -0.494 e. The lowest BCUT2D eigenvalue weighted by atomic mass is 9.94. The van der Waals surface area contributed by atoms with Crippen LogP contribution < -0.4 is 4.74 Å². The topological polar surface area (TPSA) is 32.7 Å². The van der Waals surface area contributed by atoms with Crippen molar-refractivity contribution in [3.05, 3.63) is 29.8 Å². The van der Waals surface area contributed by atoms with Gasteiger partial charge >= 0.3 is 0 Å². The molecule has 0 aliphatic carbocycles. The van der Waals surface area contributed by atoms with Gasteiger partial charge in [-0.15, -0.1) is 0 Å². The van der Waals surface area contributed by atoms with Crippen molar-refractivity contribution < 1.29 is 9.84 Å². The summed E-state index contributed by atoms with van der Waals surface area (Å²) < 4.78 is 5.58. The molecule has 0 amide bonds. The Balaban J connectivity index is 1.91. The molecular formula is C18H29NO2. The van der Waals surface area contributed by atoms with E-state index < -0.39 is 6.10 Å². The summed E-state index contributed by atoms with van der Waals surface area (Å²) in [6.45, 7) is 9.21. The number of piperidine rings is 1. The SMILES string of the molecule is CCCOc1ccc(C(O)CN2CC(C)CCC2C)cc1.